The largest absolute Gasteiger partial charge is 0.388 e. The second kappa shape index (κ2) is 5.28. The maximum atomic E-state index is 4.67. The third-order valence-corrected chi connectivity index (χ3v) is 3.85. The number of anilines is 1. The van der Waals surface area contributed by atoms with Gasteiger partial charge in [-0.3, -0.25) is 0 Å². The first-order valence-electron chi connectivity index (χ1n) is 6.20. The van der Waals surface area contributed by atoms with Gasteiger partial charge in [0.2, 0.25) is 0 Å². The Morgan fingerprint density at radius 3 is 3.00 bits per heavy atom. The smallest absolute Gasteiger partial charge is 0.0977 e. The molecule has 0 radical (unpaired) electrons. The van der Waals surface area contributed by atoms with Crippen LogP contribution in [0.4, 0.5) is 5.69 Å². The molecule has 0 bridgehead atoms. The van der Waals surface area contributed by atoms with Gasteiger partial charge < -0.3 is 10.3 Å². The zero-order valence-corrected chi connectivity index (χ0v) is 11.5. The summed E-state index contributed by atoms with van der Waals surface area (Å²) in [4.78, 5) is 7.85. The Morgan fingerprint density at radius 1 is 1.26 bits per heavy atom. The number of hydrogen-bond donors (Lipinski definition) is 2. The maximum Gasteiger partial charge on any atom is 0.0977 e. The first-order valence-corrected chi connectivity index (χ1v) is 7.08. The molecule has 3 aromatic rings. The third kappa shape index (κ3) is 2.69. The third-order valence-electron chi connectivity index (χ3n) is 3.00. The van der Waals surface area contributed by atoms with E-state index in [-0.39, 0.29) is 0 Å². The molecule has 0 saturated heterocycles. The van der Waals surface area contributed by atoms with Crippen LogP contribution in [-0.4, -0.2) is 17.0 Å². The molecule has 0 amide bonds. The lowest BCUT2D eigenvalue weighted by Crippen LogP contribution is -1.91. The molecule has 0 aliphatic carbocycles. The summed E-state index contributed by atoms with van der Waals surface area (Å²) in [5.41, 5.74) is 4.51. The Morgan fingerprint density at radius 2 is 2.21 bits per heavy atom. The van der Waals surface area contributed by atoms with Gasteiger partial charge in [0.05, 0.1) is 16.4 Å². The fourth-order valence-electron chi connectivity index (χ4n) is 2.02. The summed E-state index contributed by atoms with van der Waals surface area (Å²) in [7, 11) is 1.94. The lowest BCUT2D eigenvalue weighted by Gasteiger charge is -2.02. The van der Waals surface area contributed by atoms with Crippen LogP contribution in [0.2, 0.25) is 0 Å². The highest BCUT2D eigenvalue weighted by molar-refractivity contribution is 7.10. The Hall–Kier alpha value is -2.07. The van der Waals surface area contributed by atoms with E-state index in [2.05, 4.69) is 44.9 Å². The number of nitrogens with zero attached hydrogens (tertiary/aromatic N) is 1. The van der Waals surface area contributed by atoms with E-state index in [1.165, 1.54) is 5.56 Å². The van der Waals surface area contributed by atoms with Gasteiger partial charge in [-0.05, 0) is 29.8 Å². The zero-order chi connectivity index (χ0) is 13.1. The summed E-state index contributed by atoms with van der Waals surface area (Å²) >= 11 is 1.70. The van der Waals surface area contributed by atoms with Crippen LogP contribution >= 0.6 is 11.3 Å². The minimum atomic E-state index is 0.876. The zero-order valence-electron chi connectivity index (χ0n) is 10.7. The first-order chi connectivity index (χ1) is 9.35. The predicted octanol–water partition coefficient (Wildman–Crippen LogP) is 3.77. The highest BCUT2D eigenvalue weighted by Gasteiger charge is 2.06. The summed E-state index contributed by atoms with van der Waals surface area (Å²) in [5.74, 6) is 0. The standard InChI is InChI=1S/C15H15N3S/c1-16-12-5-2-4-11(8-12)9-15-18-14(10-19-15)13-6-3-7-17-13/h2-8,10,16-17H,9H2,1H3. The van der Waals surface area contributed by atoms with Crippen molar-refractivity contribution in [3.63, 3.8) is 0 Å². The van der Waals surface area contributed by atoms with Gasteiger partial charge in [-0.2, -0.15) is 0 Å². The van der Waals surface area contributed by atoms with Crippen LogP contribution in [0.1, 0.15) is 10.6 Å². The van der Waals surface area contributed by atoms with Crippen LogP contribution in [0.15, 0.2) is 48.0 Å². The summed E-state index contributed by atoms with van der Waals surface area (Å²) in [6, 6.07) is 12.5. The van der Waals surface area contributed by atoms with Gasteiger partial charge in [-0.15, -0.1) is 11.3 Å². The van der Waals surface area contributed by atoms with E-state index in [1.807, 2.05) is 25.4 Å². The lowest BCUT2D eigenvalue weighted by atomic mass is 10.1. The molecule has 0 spiro atoms. The van der Waals surface area contributed by atoms with Crippen molar-refractivity contribution in [2.24, 2.45) is 0 Å². The summed E-state index contributed by atoms with van der Waals surface area (Å²) in [5, 5.41) is 6.40. The molecule has 0 atom stereocenters. The van der Waals surface area contributed by atoms with E-state index >= 15 is 0 Å². The highest BCUT2D eigenvalue weighted by atomic mass is 32.1. The molecule has 2 heterocycles. The monoisotopic (exact) mass is 269 g/mol. The van der Waals surface area contributed by atoms with Crippen LogP contribution < -0.4 is 5.32 Å². The van der Waals surface area contributed by atoms with E-state index in [4.69, 9.17) is 0 Å². The van der Waals surface area contributed by atoms with Crippen molar-refractivity contribution < 1.29 is 0 Å². The Balaban J connectivity index is 1.80. The second-order valence-corrected chi connectivity index (χ2v) is 5.28. The molecule has 0 aliphatic rings. The fourth-order valence-corrected chi connectivity index (χ4v) is 2.85. The Bertz CT molecular complexity index is 656. The minimum absolute atomic E-state index is 0.876. The molecule has 96 valence electrons. The van der Waals surface area contributed by atoms with E-state index in [9.17, 15) is 0 Å². The molecular formula is C15H15N3S. The van der Waals surface area contributed by atoms with Crippen molar-refractivity contribution >= 4 is 17.0 Å². The molecule has 3 rings (SSSR count). The summed E-state index contributed by atoms with van der Waals surface area (Å²) in [6.45, 7) is 0. The van der Waals surface area contributed by atoms with Crippen molar-refractivity contribution in [1.82, 2.24) is 9.97 Å². The lowest BCUT2D eigenvalue weighted by molar-refractivity contribution is 1.13. The van der Waals surface area contributed by atoms with Gasteiger partial charge in [0.1, 0.15) is 0 Å². The molecule has 2 N–H and O–H groups in total. The SMILES string of the molecule is CNc1cccc(Cc2nc(-c3ccc[nH]3)cs2)c1. The van der Waals surface area contributed by atoms with Crippen LogP contribution in [0.3, 0.4) is 0 Å². The van der Waals surface area contributed by atoms with E-state index in [0.717, 1.165) is 28.5 Å². The van der Waals surface area contributed by atoms with E-state index < -0.39 is 0 Å². The Labute approximate surface area is 116 Å². The molecule has 0 aliphatic heterocycles. The van der Waals surface area contributed by atoms with Gasteiger partial charge in [-0.25, -0.2) is 4.98 Å². The molecular weight excluding hydrogens is 254 g/mol. The Kier molecular flexibility index (Phi) is 3.33. The van der Waals surface area contributed by atoms with Gasteiger partial charge in [0.15, 0.2) is 0 Å². The van der Waals surface area contributed by atoms with Crippen molar-refractivity contribution in [1.29, 1.82) is 0 Å². The van der Waals surface area contributed by atoms with Crippen molar-refractivity contribution in [2.75, 3.05) is 12.4 Å². The average Bonchev–Trinajstić information content (AvgIpc) is 3.09. The van der Waals surface area contributed by atoms with Gasteiger partial charge >= 0.3 is 0 Å². The molecule has 2 aromatic heterocycles. The molecule has 0 unspecified atom stereocenters. The van der Waals surface area contributed by atoms with Crippen LogP contribution in [0.25, 0.3) is 11.4 Å². The molecule has 1 aromatic carbocycles. The topological polar surface area (TPSA) is 40.7 Å². The van der Waals surface area contributed by atoms with Gasteiger partial charge in [-0.1, -0.05) is 12.1 Å². The van der Waals surface area contributed by atoms with Gasteiger partial charge in [0.25, 0.3) is 0 Å². The minimum Gasteiger partial charge on any atom is -0.388 e. The maximum absolute atomic E-state index is 4.67. The van der Waals surface area contributed by atoms with Crippen LogP contribution in [0, 0.1) is 0 Å². The van der Waals surface area contributed by atoms with Crippen LogP contribution in [-0.2, 0) is 6.42 Å². The fraction of sp³-hybridized carbons (Fsp3) is 0.133. The summed E-state index contributed by atoms with van der Waals surface area (Å²) < 4.78 is 0. The first kappa shape index (κ1) is 12.0. The van der Waals surface area contributed by atoms with Crippen molar-refractivity contribution in [2.45, 2.75) is 6.42 Å². The van der Waals surface area contributed by atoms with E-state index in [0.29, 0.717) is 0 Å². The number of rotatable bonds is 4. The molecule has 19 heavy (non-hydrogen) atoms. The van der Waals surface area contributed by atoms with Crippen LogP contribution in [0.5, 0.6) is 0 Å². The normalized spacial score (nSPS) is 10.6. The number of thiazole rings is 1. The number of benzene rings is 1. The van der Waals surface area contributed by atoms with E-state index in [1.54, 1.807) is 11.3 Å². The van der Waals surface area contributed by atoms with Crippen molar-refractivity contribution in [3.8, 4) is 11.4 Å². The predicted molar refractivity (Wildman–Crippen MR) is 80.7 cm³/mol. The van der Waals surface area contributed by atoms with Crippen molar-refractivity contribution in [3.05, 3.63) is 58.5 Å². The average molecular weight is 269 g/mol. The number of aromatic amines is 1. The number of nitrogens with one attached hydrogen (secondary N) is 2. The molecule has 0 fully saturated rings. The number of aromatic nitrogens is 2. The second-order valence-electron chi connectivity index (χ2n) is 4.34. The molecule has 4 heteroatoms. The number of hydrogen-bond acceptors (Lipinski definition) is 3. The molecule has 3 nitrogen and oxygen atoms in total. The quantitative estimate of drug-likeness (QED) is 0.757. The molecule has 0 saturated carbocycles. The van der Waals surface area contributed by atoms with Gasteiger partial charge in [0, 0.05) is 30.7 Å². The number of H-pyrrole nitrogens is 1. The highest BCUT2D eigenvalue weighted by Crippen LogP contribution is 2.22. The summed E-state index contributed by atoms with van der Waals surface area (Å²) in [6.07, 6.45) is 2.80.